The molecule has 112 valence electrons. The second-order valence-corrected chi connectivity index (χ2v) is 4.42. The third kappa shape index (κ3) is 4.30. The van der Waals surface area contributed by atoms with E-state index >= 15 is 0 Å². The first kappa shape index (κ1) is 15.0. The highest BCUT2D eigenvalue weighted by Gasteiger charge is 2.27. The Morgan fingerprint density at radius 3 is 2.71 bits per heavy atom. The maximum Gasteiger partial charge on any atom is 0.405 e. The van der Waals surface area contributed by atoms with Crippen LogP contribution in [0.5, 0.6) is 0 Å². The molecule has 0 aliphatic heterocycles. The van der Waals surface area contributed by atoms with Crippen molar-refractivity contribution in [2.75, 3.05) is 6.54 Å². The summed E-state index contributed by atoms with van der Waals surface area (Å²) in [5.41, 5.74) is 0.137. The molecule has 0 saturated carbocycles. The van der Waals surface area contributed by atoms with Gasteiger partial charge >= 0.3 is 6.18 Å². The molecule has 2 rings (SSSR count). The number of H-pyrrole nitrogens is 1. The lowest BCUT2D eigenvalue weighted by Gasteiger charge is -2.08. The molecule has 0 fully saturated rings. The summed E-state index contributed by atoms with van der Waals surface area (Å²) >= 11 is 0. The Hall–Kier alpha value is -2.38. The minimum absolute atomic E-state index is 0.0593. The number of carbonyl (C=O) groups excluding carboxylic acids is 1. The largest absolute Gasteiger partial charge is 0.405 e. The molecule has 0 spiro atoms. The Morgan fingerprint density at radius 1 is 1.29 bits per heavy atom. The Morgan fingerprint density at radius 2 is 2.00 bits per heavy atom. The minimum atomic E-state index is -4.44. The van der Waals surface area contributed by atoms with Crippen LogP contribution in [-0.2, 0) is 11.2 Å². The van der Waals surface area contributed by atoms with Crippen molar-refractivity contribution in [2.24, 2.45) is 0 Å². The molecule has 0 radical (unpaired) electrons. The zero-order valence-corrected chi connectivity index (χ0v) is 10.8. The predicted octanol–water partition coefficient (Wildman–Crippen LogP) is 1.53. The lowest BCUT2D eigenvalue weighted by Crippen LogP contribution is -2.33. The number of halogens is 3. The molecule has 5 nitrogen and oxygen atoms in total. The van der Waals surface area contributed by atoms with E-state index in [0.717, 1.165) is 0 Å². The van der Waals surface area contributed by atoms with E-state index in [4.69, 9.17) is 0 Å². The van der Waals surface area contributed by atoms with Crippen LogP contribution in [0.2, 0.25) is 0 Å². The first-order valence-corrected chi connectivity index (χ1v) is 6.16. The van der Waals surface area contributed by atoms with Gasteiger partial charge in [0.05, 0.1) is 10.9 Å². The van der Waals surface area contributed by atoms with Crippen LogP contribution in [0, 0.1) is 0 Å². The maximum atomic E-state index is 11.9. The number of aryl methyl sites for hydroxylation is 1. The maximum absolute atomic E-state index is 11.9. The number of hydrogen-bond donors (Lipinski definition) is 2. The van der Waals surface area contributed by atoms with Crippen LogP contribution in [0.3, 0.4) is 0 Å². The van der Waals surface area contributed by atoms with Gasteiger partial charge < -0.3 is 10.3 Å². The number of amides is 1. The standard InChI is InChI=1S/C13H12F3N3O2/c14-13(15,16)7-17-11(20)6-5-10-18-9-4-2-1-3-8(9)12(21)19-10/h1-4H,5-7H2,(H,17,20)(H,18,19,21). The Bertz CT molecular complexity index is 710. The third-order valence-electron chi connectivity index (χ3n) is 2.74. The summed E-state index contributed by atoms with van der Waals surface area (Å²) < 4.78 is 35.8. The molecule has 21 heavy (non-hydrogen) atoms. The molecule has 0 bridgehead atoms. The summed E-state index contributed by atoms with van der Waals surface area (Å²) in [7, 11) is 0. The molecular formula is C13H12F3N3O2. The van der Waals surface area contributed by atoms with Gasteiger partial charge in [0.1, 0.15) is 12.4 Å². The number of nitrogens with one attached hydrogen (secondary N) is 2. The summed E-state index contributed by atoms with van der Waals surface area (Å²) in [6.07, 6.45) is -4.56. The average Bonchev–Trinajstić information content (AvgIpc) is 2.42. The number of hydrogen-bond acceptors (Lipinski definition) is 3. The van der Waals surface area contributed by atoms with E-state index in [1.165, 1.54) is 0 Å². The van der Waals surface area contributed by atoms with Gasteiger partial charge in [0.15, 0.2) is 0 Å². The van der Waals surface area contributed by atoms with E-state index in [2.05, 4.69) is 9.97 Å². The van der Waals surface area contributed by atoms with Crippen molar-refractivity contribution in [3.05, 3.63) is 40.4 Å². The molecule has 0 unspecified atom stereocenters. The highest BCUT2D eigenvalue weighted by molar-refractivity contribution is 5.78. The van der Waals surface area contributed by atoms with Crippen LogP contribution in [-0.4, -0.2) is 28.6 Å². The number of fused-ring (bicyclic) bond motifs is 1. The number of carbonyl (C=O) groups is 1. The first-order chi connectivity index (χ1) is 9.85. The summed E-state index contributed by atoms with van der Waals surface area (Å²) in [5.74, 6) is -0.482. The van der Waals surface area contributed by atoms with E-state index in [0.29, 0.717) is 10.9 Å². The summed E-state index contributed by atoms with van der Waals surface area (Å²) in [6, 6.07) is 6.68. The minimum Gasteiger partial charge on any atom is -0.347 e. The van der Waals surface area contributed by atoms with Crippen molar-refractivity contribution in [1.29, 1.82) is 0 Å². The molecule has 0 aliphatic rings. The van der Waals surface area contributed by atoms with Gasteiger partial charge in [0, 0.05) is 12.8 Å². The molecule has 0 atom stereocenters. The van der Waals surface area contributed by atoms with Crippen LogP contribution in [0.15, 0.2) is 29.1 Å². The predicted molar refractivity (Wildman–Crippen MR) is 69.7 cm³/mol. The fraction of sp³-hybridized carbons (Fsp3) is 0.308. The smallest absolute Gasteiger partial charge is 0.347 e. The third-order valence-corrected chi connectivity index (χ3v) is 2.74. The lowest BCUT2D eigenvalue weighted by atomic mass is 10.2. The van der Waals surface area contributed by atoms with Gasteiger partial charge in [-0.1, -0.05) is 12.1 Å². The average molecular weight is 299 g/mol. The van der Waals surface area contributed by atoms with Crippen molar-refractivity contribution in [3.8, 4) is 0 Å². The molecule has 1 heterocycles. The van der Waals surface area contributed by atoms with Crippen LogP contribution >= 0.6 is 0 Å². The lowest BCUT2D eigenvalue weighted by molar-refractivity contribution is -0.138. The van der Waals surface area contributed by atoms with E-state index < -0.39 is 18.6 Å². The topological polar surface area (TPSA) is 74.8 Å². The quantitative estimate of drug-likeness (QED) is 0.899. The van der Waals surface area contributed by atoms with Gasteiger partial charge in [-0.3, -0.25) is 9.59 Å². The van der Waals surface area contributed by atoms with Gasteiger partial charge in [-0.25, -0.2) is 4.98 Å². The van der Waals surface area contributed by atoms with E-state index in [-0.39, 0.29) is 24.2 Å². The highest BCUT2D eigenvalue weighted by Crippen LogP contribution is 2.12. The number of benzene rings is 1. The Balaban J connectivity index is 2.01. The summed E-state index contributed by atoms with van der Waals surface area (Å²) in [5, 5.41) is 2.18. The number of aromatic nitrogens is 2. The Kier molecular flexibility index (Phi) is 4.25. The normalized spacial score (nSPS) is 11.6. The van der Waals surface area contributed by atoms with E-state index in [1.807, 2.05) is 0 Å². The van der Waals surface area contributed by atoms with Gasteiger partial charge in [-0.15, -0.1) is 0 Å². The van der Waals surface area contributed by atoms with Crippen molar-refractivity contribution in [1.82, 2.24) is 15.3 Å². The first-order valence-electron chi connectivity index (χ1n) is 6.16. The Labute approximate surface area is 117 Å². The van der Waals surface area contributed by atoms with Gasteiger partial charge in [-0.2, -0.15) is 13.2 Å². The highest BCUT2D eigenvalue weighted by atomic mass is 19.4. The van der Waals surface area contributed by atoms with Crippen molar-refractivity contribution < 1.29 is 18.0 Å². The van der Waals surface area contributed by atoms with E-state index in [9.17, 15) is 22.8 Å². The van der Waals surface area contributed by atoms with E-state index in [1.54, 1.807) is 29.6 Å². The zero-order chi connectivity index (χ0) is 15.5. The van der Waals surface area contributed by atoms with Crippen LogP contribution < -0.4 is 10.9 Å². The molecule has 1 aromatic carbocycles. The second-order valence-electron chi connectivity index (χ2n) is 4.42. The van der Waals surface area contributed by atoms with Gasteiger partial charge in [0.25, 0.3) is 5.56 Å². The molecular weight excluding hydrogens is 287 g/mol. The van der Waals surface area contributed by atoms with Crippen molar-refractivity contribution >= 4 is 16.8 Å². The molecule has 2 N–H and O–H groups in total. The molecule has 8 heteroatoms. The molecule has 1 aromatic heterocycles. The molecule has 2 aromatic rings. The molecule has 0 saturated heterocycles. The fourth-order valence-electron chi connectivity index (χ4n) is 1.77. The second kappa shape index (κ2) is 5.94. The van der Waals surface area contributed by atoms with Gasteiger partial charge in [-0.05, 0) is 12.1 Å². The van der Waals surface area contributed by atoms with Crippen molar-refractivity contribution in [2.45, 2.75) is 19.0 Å². The number of nitrogens with zero attached hydrogens (tertiary/aromatic N) is 1. The van der Waals surface area contributed by atoms with Crippen LogP contribution in [0.1, 0.15) is 12.2 Å². The summed E-state index contributed by atoms with van der Waals surface area (Å²) in [4.78, 5) is 29.7. The number of rotatable bonds is 4. The number of aromatic amines is 1. The zero-order valence-electron chi connectivity index (χ0n) is 10.8. The monoisotopic (exact) mass is 299 g/mol. The van der Waals surface area contributed by atoms with Crippen molar-refractivity contribution in [3.63, 3.8) is 0 Å². The van der Waals surface area contributed by atoms with Crippen LogP contribution in [0.25, 0.3) is 10.9 Å². The van der Waals surface area contributed by atoms with Crippen LogP contribution in [0.4, 0.5) is 13.2 Å². The number of alkyl halides is 3. The number of para-hydroxylation sites is 1. The fourth-order valence-corrected chi connectivity index (χ4v) is 1.77. The summed E-state index contributed by atoms with van der Waals surface area (Å²) in [6.45, 7) is -1.37. The SMILES string of the molecule is O=C(CCc1nc2ccccc2c(=O)[nH]1)NCC(F)(F)F. The molecule has 0 aliphatic carbocycles. The van der Waals surface area contributed by atoms with Gasteiger partial charge in [0.2, 0.25) is 5.91 Å². The molecule has 1 amide bonds.